The van der Waals surface area contributed by atoms with Crippen molar-refractivity contribution < 1.29 is 24.2 Å². The average molecular weight is 333 g/mol. The summed E-state index contributed by atoms with van der Waals surface area (Å²) in [6.07, 6.45) is 2.21. The van der Waals surface area contributed by atoms with Gasteiger partial charge in [0.15, 0.2) is 11.8 Å². The molecule has 2 unspecified atom stereocenters. The molecule has 2 rings (SSSR count). The van der Waals surface area contributed by atoms with Crippen LogP contribution >= 0.6 is 0 Å². The van der Waals surface area contributed by atoms with E-state index < -0.39 is 24.1 Å². The lowest BCUT2D eigenvalue weighted by molar-refractivity contribution is -0.140. The van der Waals surface area contributed by atoms with E-state index in [0.29, 0.717) is 5.75 Å². The molecule has 8 heteroatoms. The summed E-state index contributed by atoms with van der Waals surface area (Å²) >= 11 is 0. The number of hydrogen-bond donors (Lipinski definition) is 2. The number of nitrogens with zero attached hydrogens (tertiary/aromatic N) is 2. The van der Waals surface area contributed by atoms with Gasteiger partial charge in [-0.1, -0.05) is 30.3 Å². The highest BCUT2D eigenvalue weighted by atomic mass is 16.5. The predicted molar refractivity (Wildman–Crippen MR) is 84.7 cm³/mol. The third-order valence-corrected chi connectivity index (χ3v) is 3.47. The molecule has 24 heavy (non-hydrogen) atoms. The van der Waals surface area contributed by atoms with E-state index in [9.17, 15) is 14.7 Å². The molecule has 1 heterocycles. The summed E-state index contributed by atoms with van der Waals surface area (Å²) < 4.78 is 11.5. The molecule has 128 valence electrons. The molecule has 0 saturated heterocycles. The number of carboxylic acid groups (broad SMARTS) is 1. The van der Waals surface area contributed by atoms with Crippen LogP contribution in [0.25, 0.3) is 0 Å². The number of methoxy groups -OCH3 is 1. The number of carboxylic acids is 1. The van der Waals surface area contributed by atoms with Crippen LogP contribution in [0.15, 0.2) is 42.7 Å². The maximum absolute atomic E-state index is 11.9. The normalized spacial score (nSPS) is 12.9. The van der Waals surface area contributed by atoms with Gasteiger partial charge in [0.1, 0.15) is 6.61 Å². The van der Waals surface area contributed by atoms with E-state index in [-0.39, 0.29) is 6.61 Å². The Balaban J connectivity index is 1.97. The molecule has 0 bridgehead atoms. The van der Waals surface area contributed by atoms with Gasteiger partial charge in [-0.2, -0.15) is 5.10 Å². The maximum Gasteiger partial charge on any atom is 0.408 e. The van der Waals surface area contributed by atoms with E-state index in [0.717, 1.165) is 5.56 Å². The van der Waals surface area contributed by atoms with Crippen LogP contribution in [0.1, 0.15) is 18.5 Å². The van der Waals surface area contributed by atoms with E-state index >= 15 is 0 Å². The number of benzene rings is 1. The number of carbonyl (C=O) groups is 2. The first-order valence-corrected chi connectivity index (χ1v) is 7.29. The first-order valence-electron chi connectivity index (χ1n) is 7.29. The minimum Gasteiger partial charge on any atom is -0.493 e. The molecule has 0 aliphatic rings. The first-order chi connectivity index (χ1) is 11.5. The summed E-state index contributed by atoms with van der Waals surface area (Å²) in [6.45, 7) is 1.69. The van der Waals surface area contributed by atoms with Gasteiger partial charge in [0.25, 0.3) is 0 Å². The second kappa shape index (κ2) is 8.00. The lowest BCUT2D eigenvalue weighted by Gasteiger charge is -2.21. The van der Waals surface area contributed by atoms with Gasteiger partial charge in [-0.05, 0) is 12.5 Å². The predicted octanol–water partition coefficient (Wildman–Crippen LogP) is 1.83. The molecule has 2 atom stereocenters. The van der Waals surface area contributed by atoms with E-state index in [1.54, 1.807) is 25.3 Å². The second-order valence-corrected chi connectivity index (χ2v) is 5.12. The smallest absolute Gasteiger partial charge is 0.408 e. The summed E-state index contributed by atoms with van der Waals surface area (Å²) in [4.78, 5) is 23.3. The summed E-state index contributed by atoms with van der Waals surface area (Å²) in [5, 5.41) is 15.7. The molecule has 0 aliphatic carbocycles. The van der Waals surface area contributed by atoms with Crippen LogP contribution in [0.4, 0.5) is 4.79 Å². The van der Waals surface area contributed by atoms with Crippen LogP contribution < -0.4 is 10.1 Å². The highest BCUT2D eigenvalue weighted by Crippen LogP contribution is 2.16. The fourth-order valence-electron chi connectivity index (χ4n) is 2.08. The van der Waals surface area contributed by atoms with E-state index in [1.807, 2.05) is 18.2 Å². The monoisotopic (exact) mass is 333 g/mol. The SMILES string of the molecule is COc1cnn(C(C)C(NC(=O)OCc2ccccc2)C(=O)O)c1. The minimum absolute atomic E-state index is 0.0585. The Bertz CT molecular complexity index is 686. The molecule has 1 amide bonds. The lowest BCUT2D eigenvalue weighted by Crippen LogP contribution is -2.46. The molecule has 0 spiro atoms. The van der Waals surface area contributed by atoms with Gasteiger partial charge in [0.05, 0.1) is 25.5 Å². The third kappa shape index (κ3) is 4.48. The zero-order valence-corrected chi connectivity index (χ0v) is 13.4. The van der Waals surface area contributed by atoms with E-state index in [1.165, 1.54) is 18.0 Å². The Labute approximate surface area is 139 Å². The molecular formula is C16H19N3O5. The fraction of sp³-hybridized carbons (Fsp3) is 0.312. The second-order valence-electron chi connectivity index (χ2n) is 5.12. The summed E-state index contributed by atoms with van der Waals surface area (Å²) in [5.74, 6) is -0.689. The Morgan fingerprint density at radius 2 is 2.04 bits per heavy atom. The Morgan fingerprint density at radius 3 is 2.62 bits per heavy atom. The molecule has 2 N–H and O–H groups in total. The number of ether oxygens (including phenoxy) is 2. The van der Waals surface area contributed by atoms with Crippen LogP contribution in [0, 0.1) is 0 Å². The third-order valence-electron chi connectivity index (χ3n) is 3.47. The molecule has 0 saturated carbocycles. The van der Waals surface area contributed by atoms with Gasteiger partial charge in [-0.15, -0.1) is 0 Å². The van der Waals surface area contributed by atoms with Gasteiger partial charge in [-0.25, -0.2) is 9.59 Å². The molecule has 0 fully saturated rings. The Morgan fingerprint density at radius 1 is 1.33 bits per heavy atom. The van der Waals surface area contributed by atoms with Crippen LogP contribution in [-0.4, -0.2) is 40.1 Å². The van der Waals surface area contributed by atoms with Crippen molar-refractivity contribution in [3.05, 3.63) is 48.3 Å². The molecule has 2 aromatic rings. The molecular weight excluding hydrogens is 314 g/mol. The number of alkyl carbamates (subject to hydrolysis) is 1. The largest absolute Gasteiger partial charge is 0.493 e. The van der Waals surface area contributed by atoms with Crippen molar-refractivity contribution in [3.8, 4) is 5.75 Å². The molecule has 0 aliphatic heterocycles. The fourth-order valence-corrected chi connectivity index (χ4v) is 2.08. The highest BCUT2D eigenvalue weighted by Gasteiger charge is 2.29. The van der Waals surface area contributed by atoms with Crippen molar-refractivity contribution in [3.63, 3.8) is 0 Å². The number of nitrogens with one attached hydrogen (secondary N) is 1. The molecule has 8 nitrogen and oxygen atoms in total. The number of aromatic nitrogens is 2. The van der Waals surface area contributed by atoms with Crippen molar-refractivity contribution in [1.82, 2.24) is 15.1 Å². The number of carbonyl (C=O) groups excluding carboxylic acids is 1. The number of hydrogen-bond acceptors (Lipinski definition) is 5. The summed E-state index contributed by atoms with van der Waals surface area (Å²) in [7, 11) is 1.49. The van der Waals surface area contributed by atoms with Gasteiger partial charge < -0.3 is 19.9 Å². The Hall–Kier alpha value is -3.03. The lowest BCUT2D eigenvalue weighted by atomic mass is 10.1. The van der Waals surface area contributed by atoms with E-state index in [2.05, 4.69) is 10.4 Å². The summed E-state index contributed by atoms with van der Waals surface area (Å²) in [5.41, 5.74) is 0.810. The summed E-state index contributed by atoms with van der Waals surface area (Å²) in [6, 6.07) is 7.28. The zero-order valence-electron chi connectivity index (χ0n) is 13.4. The van der Waals surface area contributed by atoms with Crippen molar-refractivity contribution >= 4 is 12.1 Å². The quantitative estimate of drug-likeness (QED) is 0.801. The van der Waals surface area contributed by atoms with Gasteiger partial charge in [0, 0.05) is 0 Å². The van der Waals surface area contributed by atoms with Gasteiger partial charge >= 0.3 is 12.1 Å². The topological polar surface area (TPSA) is 103 Å². The van der Waals surface area contributed by atoms with E-state index in [4.69, 9.17) is 9.47 Å². The van der Waals surface area contributed by atoms with Crippen molar-refractivity contribution in [2.75, 3.05) is 7.11 Å². The average Bonchev–Trinajstić information content (AvgIpc) is 3.07. The molecule has 1 aromatic heterocycles. The highest BCUT2D eigenvalue weighted by molar-refractivity contribution is 5.80. The zero-order chi connectivity index (χ0) is 17.5. The van der Waals surface area contributed by atoms with Crippen molar-refractivity contribution in [2.24, 2.45) is 0 Å². The van der Waals surface area contributed by atoms with Crippen molar-refractivity contribution in [1.29, 1.82) is 0 Å². The van der Waals surface area contributed by atoms with Crippen LogP contribution in [0.5, 0.6) is 5.75 Å². The molecule has 0 radical (unpaired) electrons. The number of rotatable bonds is 7. The van der Waals surface area contributed by atoms with Gasteiger partial charge in [0.2, 0.25) is 0 Å². The Kier molecular flexibility index (Phi) is 5.78. The first kappa shape index (κ1) is 17.3. The van der Waals surface area contributed by atoms with Crippen LogP contribution in [0.3, 0.4) is 0 Å². The number of aliphatic carboxylic acids is 1. The van der Waals surface area contributed by atoms with Crippen molar-refractivity contribution in [2.45, 2.75) is 25.6 Å². The van der Waals surface area contributed by atoms with Crippen LogP contribution in [-0.2, 0) is 16.1 Å². The standard InChI is InChI=1S/C16H19N3O5/c1-11(19-9-13(23-2)8-17-19)14(15(20)21)18-16(22)24-10-12-6-4-3-5-7-12/h3-9,11,14H,10H2,1-2H3,(H,18,22)(H,20,21). The maximum atomic E-state index is 11.9. The number of amides is 1. The molecule has 1 aromatic carbocycles. The minimum atomic E-state index is -1.20. The van der Waals surface area contributed by atoms with Crippen LogP contribution in [0.2, 0.25) is 0 Å². The van der Waals surface area contributed by atoms with Gasteiger partial charge in [-0.3, -0.25) is 4.68 Å².